The molecule has 1 saturated heterocycles. The van der Waals surface area contributed by atoms with E-state index in [-0.39, 0.29) is 29.1 Å². The molecule has 2 aromatic rings. The lowest BCUT2D eigenvalue weighted by molar-refractivity contribution is -0.152. The third-order valence-corrected chi connectivity index (χ3v) is 5.16. The summed E-state index contributed by atoms with van der Waals surface area (Å²) in [7, 11) is 0. The van der Waals surface area contributed by atoms with Crippen molar-refractivity contribution >= 4 is 52.8 Å². The number of carbonyl (C=O) groups is 5. The number of amides is 4. The summed E-state index contributed by atoms with van der Waals surface area (Å²) in [5.41, 5.74) is 7.13. The summed E-state index contributed by atoms with van der Waals surface area (Å²) in [4.78, 5) is 60.5. The first kappa shape index (κ1) is 24.0. The van der Waals surface area contributed by atoms with Gasteiger partial charge in [-0.05, 0) is 36.4 Å². The highest BCUT2D eigenvalue weighted by Crippen LogP contribution is 2.19. The molecule has 0 radical (unpaired) electrons. The number of halogens is 2. The van der Waals surface area contributed by atoms with Gasteiger partial charge in [0.1, 0.15) is 0 Å². The van der Waals surface area contributed by atoms with Gasteiger partial charge in [-0.2, -0.15) is 0 Å². The molecule has 4 amide bonds. The quantitative estimate of drug-likeness (QED) is 0.413. The minimum absolute atomic E-state index is 0.122. The first-order valence-electron chi connectivity index (χ1n) is 9.62. The molecule has 2 aromatic carbocycles. The van der Waals surface area contributed by atoms with Crippen LogP contribution in [0.25, 0.3) is 0 Å². The van der Waals surface area contributed by atoms with Crippen LogP contribution in [0, 0.1) is 5.92 Å². The van der Waals surface area contributed by atoms with Crippen molar-refractivity contribution in [1.82, 2.24) is 21.3 Å². The Balaban J connectivity index is 1.43. The molecule has 1 aliphatic heterocycles. The Bertz CT molecular complexity index is 1090. The highest BCUT2D eigenvalue weighted by atomic mass is 35.5. The van der Waals surface area contributed by atoms with Crippen LogP contribution in [0.1, 0.15) is 27.1 Å². The number of nitrogens with one attached hydrogen (secondary N) is 3. The number of nitrogens with zero attached hydrogens (tertiary/aromatic N) is 1. The van der Waals surface area contributed by atoms with Crippen molar-refractivity contribution in [2.75, 3.05) is 13.2 Å². The minimum atomic E-state index is -0.875. The molecule has 1 atom stereocenters. The molecule has 0 spiro atoms. The molecule has 0 aliphatic carbocycles. The van der Waals surface area contributed by atoms with Crippen LogP contribution in [0.15, 0.2) is 48.5 Å². The molecule has 3 rings (SSSR count). The summed E-state index contributed by atoms with van der Waals surface area (Å²) in [6.45, 7) is -0.792. The van der Waals surface area contributed by atoms with Crippen LogP contribution in [0.5, 0.6) is 0 Å². The molecule has 0 unspecified atom stereocenters. The van der Waals surface area contributed by atoms with Crippen LogP contribution < -0.4 is 16.3 Å². The average molecular weight is 493 g/mol. The zero-order valence-electron chi connectivity index (χ0n) is 17.0. The van der Waals surface area contributed by atoms with Gasteiger partial charge in [0.05, 0.1) is 23.0 Å². The van der Waals surface area contributed by atoms with E-state index in [0.717, 1.165) is 5.01 Å². The van der Waals surface area contributed by atoms with Gasteiger partial charge in [-0.15, -0.1) is 0 Å². The standard InChI is InChI=1S/C21H18Cl2N4O6/c22-14-7-5-12(6-8-14)19(30)25-24-17(28)11-33-21(32)13-9-18(29)27(10-13)26-20(31)15-3-1-2-4-16(15)23/h1-8,13H,9-11H2,(H,24,28)(H,25,30)(H,26,31)/t13-/m0/s1. The Hall–Kier alpha value is -3.63. The first-order chi connectivity index (χ1) is 15.7. The van der Waals surface area contributed by atoms with E-state index in [4.69, 9.17) is 27.9 Å². The molecule has 10 nitrogen and oxygen atoms in total. The lowest BCUT2D eigenvalue weighted by atomic mass is 10.1. The van der Waals surface area contributed by atoms with Crippen LogP contribution in [-0.2, 0) is 19.1 Å². The maximum absolute atomic E-state index is 12.3. The van der Waals surface area contributed by atoms with Crippen molar-refractivity contribution in [2.45, 2.75) is 6.42 Å². The number of ether oxygens (including phenoxy) is 1. The molecule has 172 valence electrons. The SMILES string of the molecule is O=C(COC(=O)[C@H]1CC(=O)N(NC(=O)c2ccccc2Cl)C1)NNC(=O)c1ccc(Cl)cc1. The highest BCUT2D eigenvalue weighted by Gasteiger charge is 2.37. The lowest BCUT2D eigenvalue weighted by Gasteiger charge is -2.18. The van der Waals surface area contributed by atoms with E-state index in [2.05, 4.69) is 16.3 Å². The number of hydrogen-bond acceptors (Lipinski definition) is 6. The fourth-order valence-electron chi connectivity index (χ4n) is 2.89. The van der Waals surface area contributed by atoms with Gasteiger partial charge in [0.15, 0.2) is 6.61 Å². The molecule has 0 bridgehead atoms. The maximum Gasteiger partial charge on any atom is 0.311 e. The number of benzene rings is 2. The molecule has 0 saturated carbocycles. The van der Waals surface area contributed by atoms with E-state index in [1.807, 2.05) is 0 Å². The summed E-state index contributed by atoms with van der Waals surface area (Å²) < 4.78 is 4.91. The van der Waals surface area contributed by atoms with Crippen molar-refractivity contribution < 1.29 is 28.7 Å². The first-order valence-corrected chi connectivity index (χ1v) is 10.4. The van der Waals surface area contributed by atoms with Crippen LogP contribution in [-0.4, -0.2) is 47.8 Å². The fourth-order valence-corrected chi connectivity index (χ4v) is 3.24. The maximum atomic E-state index is 12.3. The van der Waals surface area contributed by atoms with Crippen molar-refractivity contribution in [1.29, 1.82) is 0 Å². The van der Waals surface area contributed by atoms with E-state index < -0.39 is 42.1 Å². The molecule has 1 heterocycles. The second-order valence-corrected chi connectivity index (χ2v) is 7.79. The number of hydrogen-bond donors (Lipinski definition) is 3. The Morgan fingerprint density at radius 2 is 1.67 bits per heavy atom. The third-order valence-electron chi connectivity index (χ3n) is 4.58. The molecular formula is C21H18Cl2N4O6. The molecule has 1 fully saturated rings. The monoisotopic (exact) mass is 492 g/mol. The van der Waals surface area contributed by atoms with Crippen molar-refractivity contribution in [3.05, 3.63) is 69.7 Å². The summed E-state index contributed by atoms with van der Waals surface area (Å²) in [6, 6.07) is 12.3. The summed E-state index contributed by atoms with van der Waals surface area (Å²) in [6.07, 6.45) is -0.198. The Morgan fingerprint density at radius 3 is 2.36 bits per heavy atom. The second-order valence-electron chi connectivity index (χ2n) is 6.94. The summed E-state index contributed by atoms with van der Waals surface area (Å²) >= 11 is 11.7. The molecule has 0 aromatic heterocycles. The van der Waals surface area contributed by atoms with Crippen LogP contribution in [0.2, 0.25) is 10.0 Å². The second kappa shape index (κ2) is 10.8. The zero-order chi connectivity index (χ0) is 24.0. The van der Waals surface area contributed by atoms with Gasteiger partial charge in [-0.3, -0.25) is 45.3 Å². The molecule has 12 heteroatoms. The molecule has 3 N–H and O–H groups in total. The normalized spacial score (nSPS) is 15.0. The van der Waals surface area contributed by atoms with Crippen LogP contribution in [0.4, 0.5) is 0 Å². The Morgan fingerprint density at radius 1 is 0.970 bits per heavy atom. The zero-order valence-corrected chi connectivity index (χ0v) is 18.5. The third kappa shape index (κ3) is 6.43. The summed E-state index contributed by atoms with van der Waals surface area (Å²) in [5, 5.41) is 1.67. The number of hydrazine groups is 2. The average Bonchev–Trinajstić information content (AvgIpc) is 3.16. The molecular weight excluding hydrogens is 475 g/mol. The summed E-state index contributed by atoms with van der Waals surface area (Å²) in [5.74, 6) is -4.12. The Labute approximate surface area is 198 Å². The van der Waals surface area contributed by atoms with Crippen molar-refractivity contribution in [3.63, 3.8) is 0 Å². The van der Waals surface area contributed by atoms with Gasteiger partial charge in [0.25, 0.3) is 17.7 Å². The number of esters is 1. The van der Waals surface area contributed by atoms with Gasteiger partial charge in [0.2, 0.25) is 5.91 Å². The Kier molecular flexibility index (Phi) is 7.86. The highest BCUT2D eigenvalue weighted by molar-refractivity contribution is 6.33. The molecule has 33 heavy (non-hydrogen) atoms. The van der Waals surface area contributed by atoms with Crippen molar-refractivity contribution in [2.24, 2.45) is 5.92 Å². The van der Waals surface area contributed by atoms with Gasteiger partial charge in [-0.1, -0.05) is 35.3 Å². The van der Waals surface area contributed by atoms with E-state index in [0.29, 0.717) is 5.02 Å². The topological polar surface area (TPSA) is 134 Å². The predicted molar refractivity (Wildman–Crippen MR) is 117 cm³/mol. The van der Waals surface area contributed by atoms with E-state index in [1.54, 1.807) is 12.1 Å². The predicted octanol–water partition coefficient (Wildman–Crippen LogP) is 1.49. The number of carbonyl (C=O) groups excluding carboxylic acids is 5. The van der Waals surface area contributed by atoms with Crippen molar-refractivity contribution in [3.8, 4) is 0 Å². The van der Waals surface area contributed by atoms with E-state index in [1.165, 1.54) is 36.4 Å². The smallest absolute Gasteiger partial charge is 0.311 e. The largest absolute Gasteiger partial charge is 0.455 e. The minimum Gasteiger partial charge on any atom is -0.455 e. The van der Waals surface area contributed by atoms with Crippen LogP contribution >= 0.6 is 23.2 Å². The number of rotatable bonds is 6. The van der Waals surface area contributed by atoms with Gasteiger partial charge in [-0.25, -0.2) is 0 Å². The van der Waals surface area contributed by atoms with E-state index >= 15 is 0 Å². The fraction of sp³-hybridized carbons (Fsp3) is 0.190. The van der Waals surface area contributed by atoms with Gasteiger partial charge < -0.3 is 4.74 Å². The molecule has 1 aliphatic rings. The van der Waals surface area contributed by atoms with Gasteiger partial charge >= 0.3 is 5.97 Å². The van der Waals surface area contributed by atoms with Crippen LogP contribution in [0.3, 0.4) is 0 Å². The van der Waals surface area contributed by atoms with E-state index in [9.17, 15) is 24.0 Å². The van der Waals surface area contributed by atoms with Gasteiger partial charge in [0, 0.05) is 17.0 Å². The lowest BCUT2D eigenvalue weighted by Crippen LogP contribution is -2.44.